The van der Waals surface area contributed by atoms with Crippen molar-refractivity contribution in [3.63, 3.8) is 0 Å². The Morgan fingerprint density at radius 2 is 1.89 bits per heavy atom. The maximum absolute atomic E-state index is 12.4. The minimum Gasteiger partial charge on any atom is -0.444 e. The molecule has 166 valence electrons. The monoisotopic (exact) mass is 514 g/mol. The number of methoxy groups -OCH3 is 1. The van der Waals surface area contributed by atoms with E-state index >= 15 is 0 Å². The number of nitrogens with one attached hydrogen (secondary N) is 2. The summed E-state index contributed by atoms with van der Waals surface area (Å²) in [4.78, 5) is 18.7. The molecule has 1 saturated carbocycles. The number of amides is 1. The summed E-state index contributed by atoms with van der Waals surface area (Å²) < 4.78 is 15.9. The zero-order valence-electron chi connectivity index (χ0n) is 18.1. The van der Waals surface area contributed by atoms with Crippen molar-refractivity contribution >= 4 is 36.0 Å². The molecule has 1 rings (SSSR count). The van der Waals surface area contributed by atoms with Crippen LogP contribution in [0.25, 0.3) is 0 Å². The van der Waals surface area contributed by atoms with Crippen molar-refractivity contribution in [3.8, 4) is 0 Å². The van der Waals surface area contributed by atoms with E-state index in [0.29, 0.717) is 45.5 Å². The Kier molecular flexibility index (Phi) is 14.6. The van der Waals surface area contributed by atoms with Gasteiger partial charge in [-0.3, -0.25) is 4.99 Å². The molecule has 0 aromatic heterocycles. The van der Waals surface area contributed by atoms with E-state index < -0.39 is 5.60 Å². The van der Waals surface area contributed by atoms with Crippen molar-refractivity contribution in [2.75, 3.05) is 53.1 Å². The second kappa shape index (κ2) is 15.1. The third kappa shape index (κ3) is 13.4. The van der Waals surface area contributed by atoms with Crippen LogP contribution < -0.4 is 10.6 Å². The lowest BCUT2D eigenvalue weighted by molar-refractivity contribution is 0.0238. The number of ether oxygens (including phenoxy) is 3. The van der Waals surface area contributed by atoms with Gasteiger partial charge in [0.25, 0.3) is 0 Å². The Labute approximate surface area is 187 Å². The number of carbonyl (C=O) groups excluding carboxylic acids is 1. The van der Waals surface area contributed by atoms with Crippen LogP contribution in [0.4, 0.5) is 4.79 Å². The maximum Gasteiger partial charge on any atom is 0.410 e. The van der Waals surface area contributed by atoms with Crippen LogP contribution in [0, 0.1) is 0 Å². The molecule has 0 aromatic carbocycles. The third-order valence-electron chi connectivity index (χ3n) is 3.75. The molecule has 0 atom stereocenters. The lowest BCUT2D eigenvalue weighted by atomic mass is 10.2. The van der Waals surface area contributed by atoms with E-state index in [1.54, 1.807) is 7.11 Å². The molecule has 0 saturated heterocycles. The quantitative estimate of drug-likeness (QED) is 0.180. The molecular formula is C19H39IN4O4. The van der Waals surface area contributed by atoms with Crippen molar-refractivity contribution in [1.82, 2.24) is 15.5 Å². The Morgan fingerprint density at radius 3 is 2.46 bits per heavy atom. The van der Waals surface area contributed by atoms with Crippen LogP contribution in [-0.2, 0) is 14.2 Å². The fourth-order valence-electron chi connectivity index (χ4n) is 2.37. The molecule has 1 aliphatic rings. The molecule has 8 nitrogen and oxygen atoms in total. The van der Waals surface area contributed by atoms with E-state index in [4.69, 9.17) is 14.2 Å². The third-order valence-corrected chi connectivity index (χ3v) is 3.75. The molecule has 0 heterocycles. The summed E-state index contributed by atoms with van der Waals surface area (Å²) in [5.41, 5.74) is -0.473. The largest absolute Gasteiger partial charge is 0.444 e. The second-order valence-electron chi connectivity index (χ2n) is 7.55. The molecule has 9 heteroatoms. The standard InChI is InChI=1S/C19H38N4O4.HI/c1-6-20-17(21-10-7-13-26-15-14-25-5)22-11-12-23(16-8-9-16)18(24)27-19(2,3)4;/h16H,6-15H2,1-5H3,(H2,20,21,22);1H. The van der Waals surface area contributed by atoms with E-state index in [2.05, 4.69) is 15.6 Å². The highest BCUT2D eigenvalue weighted by molar-refractivity contribution is 14.0. The van der Waals surface area contributed by atoms with Gasteiger partial charge in [0.15, 0.2) is 5.96 Å². The number of rotatable bonds is 12. The average molecular weight is 514 g/mol. The van der Waals surface area contributed by atoms with Crippen molar-refractivity contribution in [2.24, 2.45) is 4.99 Å². The molecule has 0 unspecified atom stereocenters. The zero-order chi connectivity index (χ0) is 20.1. The first-order valence-electron chi connectivity index (χ1n) is 9.96. The van der Waals surface area contributed by atoms with Crippen LogP contribution in [0.15, 0.2) is 4.99 Å². The number of guanidine groups is 1. The Bertz CT molecular complexity index is 454. The first kappa shape index (κ1) is 27.2. The summed E-state index contributed by atoms with van der Waals surface area (Å²) in [7, 11) is 1.66. The maximum atomic E-state index is 12.4. The summed E-state index contributed by atoms with van der Waals surface area (Å²) in [6.45, 7) is 12.3. The highest BCUT2D eigenvalue weighted by Gasteiger charge is 2.34. The summed E-state index contributed by atoms with van der Waals surface area (Å²) in [5, 5.41) is 6.51. The molecule has 0 spiro atoms. The van der Waals surface area contributed by atoms with Crippen molar-refractivity contribution < 1.29 is 19.0 Å². The van der Waals surface area contributed by atoms with E-state index in [9.17, 15) is 4.79 Å². The Hall–Kier alpha value is -0.810. The lowest BCUT2D eigenvalue weighted by Crippen LogP contribution is -2.45. The molecule has 0 radical (unpaired) electrons. The lowest BCUT2D eigenvalue weighted by Gasteiger charge is -2.27. The van der Waals surface area contributed by atoms with Gasteiger partial charge in [-0.1, -0.05) is 0 Å². The fraction of sp³-hybridized carbons (Fsp3) is 0.895. The normalized spacial score (nSPS) is 14.2. The molecule has 1 aliphatic carbocycles. The Balaban J connectivity index is 0.00000729. The van der Waals surface area contributed by atoms with Crippen LogP contribution in [0.1, 0.15) is 47.0 Å². The number of aliphatic imine (C=N–C) groups is 1. The van der Waals surface area contributed by atoms with Crippen molar-refractivity contribution in [3.05, 3.63) is 0 Å². The molecule has 28 heavy (non-hydrogen) atoms. The van der Waals surface area contributed by atoms with Crippen molar-refractivity contribution in [2.45, 2.75) is 58.6 Å². The number of hydrogen-bond donors (Lipinski definition) is 2. The van der Waals surface area contributed by atoms with Crippen LogP contribution in [-0.4, -0.2) is 81.7 Å². The van der Waals surface area contributed by atoms with Gasteiger partial charge >= 0.3 is 6.09 Å². The first-order chi connectivity index (χ1) is 12.9. The molecule has 0 aliphatic heterocycles. The van der Waals surface area contributed by atoms with Gasteiger partial charge in [0, 0.05) is 45.9 Å². The minimum absolute atomic E-state index is 0. The van der Waals surface area contributed by atoms with Gasteiger partial charge in [-0.25, -0.2) is 4.79 Å². The minimum atomic E-state index is -0.473. The van der Waals surface area contributed by atoms with Gasteiger partial charge in [-0.15, -0.1) is 24.0 Å². The first-order valence-corrected chi connectivity index (χ1v) is 9.96. The zero-order valence-corrected chi connectivity index (χ0v) is 20.4. The van der Waals surface area contributed by atoms with Gasteiger partial charge in [0.05, 0.1) is 13.2 Å². The van der Waals surface area contributed by atoms with Crippen LogP contribution in [0.2, 0.25) is 0 Å². The topological polar surface area (TPSA) is 84.4 Å². The predicted molar refractivity (Wildman–Crippen MR) is 123 cm³/mol. The van der Waals surface area contributed by atoms with Gasteiger partial charge < -0.3 is 29.7 Å². The molecule has 2 N–H and O–H groups in total. The van der Waals surface area contributed by atoms with Gasteiger partial charge in [-0.2, -0.15) is 0 Å². The van der Waals surface area contributed by atoms with Gasteiger partial charge in [-0.05, 0) is 47.0 Å². The average Bonchev–Trinajstić information content (AvgIpc) is 3.40. The summed E-state index contributed by atoms with van der Waals surface area (Å²) in [5.74, 6) is 0.759. The second-order valence-corrected chi connectivity index (χ2v) is 7.55. The smallest absolute Gasteiger partial charge is 0.410 e. The van der Waals surface area contributed by atoms with E-state index in [1.165, 1.54) is 0 Å². The SMILES string of the molecule is CCNC(=NCCCOCCOC)NCCN(C(=O)OC(C)(C)C)C1CC1.I. The summed E-state index contributed by atoms with van der Waals surface area (Å²) in [6.07, 6.45) is 2.72. The molecule has 1 amide bonds. The summed E-state index contributed by atoms with van der Waals surface area (Å²) >= 11 is 0. The fourth-order valence-corrected chi connectivity index (χ4v) is 2.37. The van der Waals surface area contributed by atoms with E-state index in [0.717, 1.165) is 31.8 Å². The van der Waals surface area contributed by atoms with E-state index in [-0.39, 0.29) is 30.1 Å². The highest BCUT2D eigenvalue weighted by Crippen LogP contribution is 2.27. The summed E-state index contributed by atoms with van der Waals surface area (Å²) in [6, 6.07) is 0.311. The van der Waals surface area contributed by atoms with E-state index in [1.807, 2.05) is 32.6 Å². The highest BCUT2D eigenvalue weighted by atomic mass is 127. The van der Waals surface area contributed by atoms with Crippen molar-refractivity contribution in [1.29, 1.82) is 0 Å². The number of carbonyl (C=O) groups is 1. The predicted octanol–water partition coefficient (Wildman–Crippen LogP) is 2.61. The van der Waals surface area contributed by atoms with Gasteiger partial charge in [0.2, 0.25) is 0 Å². The number of hydrogen-bond acceptors (Lipinski definition) is 5. The molecular weight excluding hydrogens is 475 g/mol. The van der Waals surface area contributed by atoms with Crippen LogP contribution in [0.3, 0.4) is 0 Å². The van der Waals surface area contributed by atoms with Gasteiger partial charge in [0.1, 0.15) is 5.60 Å². The van der Waals surface area contributed by atoms with Crippen LogP contribution in [0.5, 0.6) is 0 Å². The van der Waals surface area contributed by atoms with Crippen LogP contribution >= 0.6 is 24.0 Å². The number of nitrogens with zero attached hydrogens (tertiary/aromatic N) is 2. The number of halogens is 1. The molecule has 0 aromatic rings. The molecule has 0 bridgehead atoms. The Morgan fingerprint density at radius 1 is 1.18 bits per heavy atom. The molecule has 1 fully saturated rings.